The molecule has 8 rings (SSSR count). The second kappa shape index (κ2) is 8.16. The van der Waals surface area contributed by atoms with Crippen molar-refractivity contribution in [2.45, 2.75) is 19.3 Å². The summed E-state index contributed by atoms with van der Waals surface area (Å²) in [5, 5.41) is 7.85. The molecule has 7 aromatic rings. The Hall–Kier alpha value is -4.68. The molecule has 0 bridgehead atoms. The van der Waals surface area contributed by atoms with Gasteiger partial charge in [-0.05, 0) is 76.8 Å². The highest BCUT2D eigenvalue weighted by atomic mass is 14.4. The molecule has 184 valence electrons. The molecule has 0 N–H and O–H groups in total. The second-order valence-electron chi connectivity index (χ2n) is 11.3. The zero-order chi connectivity index (χ0) is 26.1. The Bertz CT molecular complexity index is 2020. The van der Waals surface area contributed by atoms with Crippen molar-refractivity contribution >= 4 is 32.3 Å². The topological polar surface area (TPSA) is 0 Å². The molecule has 7 aromatic carbocycles. The van der Waals surface area contributed by atoms with Gasteiger partial charge in [-0.1, -0.05) is 147 Å². The van der Waals surface area contributed by atoms with Gasteiger partial charge in [-0.15, -0.1) is 0 Å². The maximum absolute atomic E-state index is 2.40. The van der Waals surface area contributed by atoms with Crippen molar-refractivity contribution in [1.82, 2.24) is 0 Å². The van der Waals surface area contributed by atoms with E-state index >= 15 is 0 Å². The van der Waals surface area contributed by atoms with E-state index in [1.807, 2.05) is 0 Å². The van der Waals surface area contributed by atoms with E-state index in [-0.39, 0.29) is 5.41 Å². The molecule has 39 heavy (non-hydrogen) atoms. The van der Waals surface area contributed by atoms with Crippen molar-refractivity contribution in [2.24, 2.45) is 0 Å². The van der Waals surface area contributed by atoms with Crippen LogP contribution in [0.15, 0.2) is 133 Å². The molecule has 1 aliphatic carbocycles. The maximum atomic E-state index is 2.40. The SMILES string of the molecule is CC1(C)c2ccc3ccccc3c2-c2cccc(-c3c4ccccc4c(-c4ccccc4)c4ccccc34)c21. The van der Waals surface area contributed by atoms with Crippen LogP contribution in [0.25, 0.3) is 65.7 Å². The van der Waals surface area contributed by atoms with Gasteiger partial charge in [0, 0.05) is 5.41 Å². The summed E-state index contributed by atoms with van der Waals surface area (Å²) >= 11 is 0. The third-order valence-corrected chi connectivity index (χ3v) is 8.82. The lowest BCUT2D eigenvalue weighted by atomic mass is 9.76. The van der Waals surface area contributed by atoms with Crippen molar-refractivity contribution in [2.75, 3.05) is 0 Å². The molecule has 1 aliphatic rings. The first-order chi connectivity index (χ1) is 19.1. The summed E-state index contributed by atoms with van der Waals surface area (Å²) in [5.41, 5.74) is 10.7. The smallest absolute Gasteiger partial charge is 0.0165 e. The largest absolute Gasteiger partial charge is 0.0622 e. The predicted molar refractivity (Wildman–Crippen MR) is 167 cm³/mol. The van der Waals surface area contributed by atoms with Crippen molar-refractivity contribution in [3.63, 3.8) is 0 Å². The standard InChI is InChI=1S/C39H28/c1-39(2)34-24-23-25-13-6-7-16-27(25)37(34)33-22-12-21-32(38(33)39)36-30-19-10-8-17-28(30)35(26-14-4-3-5-15-26)29-18-9-11-20-31(29)36/h3-24H,1-2H3. The van der Waals surface area contributed by atoms with Crippen LogP contribution in [0.5, 0.6) is 0 Å². The van der Waals surface area contributed by atoms with Crippen LogP contribution in [0.3, 0.4) is 0 Å². The third-order valence-electron chi connectivity index (χ3n) is 8.82. The minimum atomic E-state index is -0.119. The minimum absolute atomic E-state index is 0.119. The van der Waals surface area contributed by atoms with E-state index in [2.05, 4.69) is 147 Å². The summed E-state index contributed by atoms with van der Waals surface area (Å²) in [6.07, 6.45) is 0. The van der Waals surface area contributed by atoms with E-state index < -0.39 is 0 Å². The molecule has 0 fully saturated rings. The molecule has 0 amide bonds. The molecule has 0 unspecified atom stereocenters. The quantitative estimate of drug-likeness (QED) is 0.209. The Morgan fingerprint density at radius 1 is 0.385 bits per heavy atom. The van der Waals surface area contributed by atoms with Crippen molar-refractivity contribution in [3.8, 4) is 33.4 Å². The first-order valence-corrected chi connectivity index (χ1v) is 13.8. The van der Waals surface area contributed by atoms with Gasteiger partial charge >= 0.3 is 0 Å². The number of fused-ring (bicyclic) bond motifs is 7. The Balaban J connectivity index is 1.53. The average molecular weight is 497 g/mol. The van der Waals surface area contributed by atoms with Crippen LogP contribution in [0, 0.1) is 0 Å². The highest BCUT2D eigenvalue weighted by Gasteiger charge is 2.39. The summed E-state index contributed by atoms with van der Waals surface area (Å²) in [7, 11) is 0. The molecule has 0 spiro atoms. The molecule has 0 nitrogen and oxygen atoms in total. The molecule has 0 radical (unpaired) electrons. The third kappa shape index (κ3) is 3.06. The van der Waals surface area contributed by atoms with Crippen molar-refractivity contribution in [1.29, 1.82) is 0 Å². The van der Waals surface area contributed by atoms with Crippen LogP contribution in [0.1, 0.15) is 25.0 Å². The lowest BCUT2D eigenvalue weighted by Crippen LogP contribution is -2.16. The highest BCUT2D eigenvalue weighted by Crippen LogP contribution is 2.56. The average Bonchev–Trinajstić information content (AvgIpc) is 3.23. The second-order valence-corrected chi connectivity index (χ2v) is 11.3. The summed E-state index contributed by atoms with van der Waals surface area (Å²) in [5.74, 6) is 0. The number of benzene rings is 7. The molecular weight excluding hydrogens is 468 g/mol. The van der Waals surface area contributed by atoms with Crippen LogP contribution in [-0.2, 0) is 5.41 Å². The first-order valence-electron chi connectivity index (χ1n) is 13.8. The van der Waals surface area contributed by atoms with Crippen LogP contribution in [-0.4, -0.2) is 0 Å². The Morgan fingerprint density at radius 2 is 0.897 bits per heavy atom. The highest BCUT2D eigenvalue weighted by molar-refractivity contribution is 6.22. The molecule has 0 heteroatoms. The van der Waals surface area contributed by atoms with Gasteiger partial charge in [0.2, 0.25) is 0 Å². The lowest BCUT2D eigenvalue weighted by molar-refractivity contribution is 0.663. The zero-order valence-corrected chi connectivity index (χ0v) is 22.2. The van der Waals surface area contributed by atoms with E-state index in [1.54, 1.807) is 0 Å². The van der Waals surface area contributed by atoms with E-state index in [0.717, 1.165) is 0 Å². The molecule has 0 saturated carbocycles. The number of rotatable bonds is 2. The van der Waals surface area contributed by atoms with Crippen LogP contribution in [0.4, 0.5) is 0 Å². The van der Waals surface area contributed by atoms with Gasteiger partial charge in [-0.25, -0.2) is 0 Å². The summed E-state index contributed by atoms with van der Waals surface area (Å²) in [6, 6.07) is 49.2. The van der Waals surface area contributed by atoms with Gasteiger partial charge < -0.3 is 0 Å². The van der Waals surface area contributed by atoms with Crippen molar-refractivity contribution < 1.29 is 0 Å². The zero-order valence-electron chi connectivity index (χ0n) is 22.2. The number of hydrogen-bond donors (Lipinski definition) is 0. The first kappa shape index (κ1) is 22.3. The maximum Gasteiger partial charge on any atom is 0.0165 e. The fourth-order valence-corrected chi connectivity index (χ4v) is 7.19. The van der Waals surface area contributed by atoms with E-state index in [9.17, 15) is 0 Å². The fraction of sp³-hybridized carbons (Fsp3) is 0.0769. The monoisotopic (exact) mass is 496 g/mol. The fourth-order valence-electron chi connectivity index (χ4n) is 7.19. The van der Waals surface area contributed by atoms with Crippen LogP contribution >= 0.6 is 0 Å². The van der Waals surface area contributed by atoms with Gasteiger partial charge in [0.25, 0.3) is 0 Å². The van der Waals surface area contributed by atoms with Gasteiger partial charge in [0.15, 0.2) is 0 Å². The molecule has 0 aliphatic heterocycles. The van der Waals surface area contributed by atoms with Crippen LogP contribution < -0.4 is 0 Å². The lowest BCUT2D eigenvalue weighted by Gasteiger charge is -2.26. The normalized spacial score (nSPS) is 13.6. The molecule has 0 atom stereocenters. The summed E-state index contributed by atoms with van der Waals surface area (Å²) < 4.78 is 0. The van der Waals surface area contributed by atoms with Gasteiger partial charge in [0.1, 0.15) is 0 Å². The van der Waals surface area contributed by atoms with Crippen LogP contribution in [0.2, 0.25) is 0 Å². The minimum Gasteiger partial charge on any atom is -0.0622 e. The van der Waals surface area contributed by atoms with Crippen molar-refractivity contribution in [3.05, 3.63) is 145 Å². The summed E-state index contributed by atoms with van der Waals surface area (Å²) in [6.45, 7) is 4.80. The van der Waals surface area contributed by atoms with Gasteiger partial charge in [-0.2, -0.15) is 0 Å². The molecular formula is C39H28. The molecule has 0 saturated heterocycles. The van der Waals surface area contributed by atoms with E-state index in [1.165, 1.54) is 76.8 Å². The van der Waals surface area contributed by atoms with Gasteiger partial charge in [0.05, 0.1) is 0 Å². The van der Waals surface area contributed by atoms with Gasteiger partial charge in [-0.3, -0.25) is 0 Å². The Labute approximate surface area is 229 Å². The molecule has 0 aromatic heterocycles. The Morgan fingerprint density at radius 3 is 1.54 bits per heavy atom. The molecule has 0 heterocycles. The van der Waals surface area contributed by atoms with E-state index in [0.29, 0.717) is 0 Å². The Kier molecular flexibility index (Phi) is 4.67. The predicted octanol–water partition coefficient (Wildman–Crippen LogP) is 10.8. The number of hydrogen-bond acceptors (Lipinski definition) is 0. The summed E-state index contributed by atoms with van der Waals surface area (Å²) in [4.78, 5) is 0. The van der Waals surface area contributed by atoms with E-state index in [4.69, 9.17) is 0 Å².